The molecule has 0 unspecified atom stereocenters. The van der Waals surface area contributed by atoms with E-state index in [1.165, 1.54) is 67.3 Å². The van der Waals surface area contributed by atoms with Crippen molar-refractivity contribution < 1.29 is 36.3 Å². The van der Waals surface area contributed by atoms with Crippen LogP contribution in [0.4, 0.5) is 68.1 Å². The van der Waals surface area contributed by atoms with Crippen LogP contribution in [0, 0.1) is 42.9 Å². The van der Waals surface area contributed by atoms with Crippen LogP contribution in [0.2, 0.25) is 0 Å². The monoisotopic (exact) mass is 1580 g/mol. The number of nitrogens with two attached hydrogens (primary N) is 5. The van der Waals surface area contributed by atoms with Crippen molar-refractivity contribution in [3.05, 3.63) is 239 Å². The molecule has 0 bridgehead atoms. The van der Waals surface area contributed by atoms with E-state index in [1.807, 2.05) is 50.4 Å². The van der Waals surface area contributed by atoms with Gasteiger partial charge in [0.05, 0.1) is 72.8 Å². The number of nitrogens with one attached hydrogen (secondary N) is 2. The molecular weight excluding hydrogens is 1510 g/mol. The van der Waals surface area contributed by atoms with E-state index >= 15 is 0 Å². The maximum absolute atomic E-state index is 14.2. The minimum Gasteiger partial charge on any atom is -0.382 e. The van der Waals surface area contributed by atoms with Gasteiger partial charge in [-0.2, -0.15) is 20.4 Å². The number of nitrogens with zero attached hydrogens (tertiary/aromatic N) is 21. The van der Waals surface area contributed by atoms with E-state index in [2.05, 4.69) is 80.7 Å². The maximum atomic E-state index is 14.2. The van der Waals surface area contributed by atoms with Gasteiger partial charge >= 0.3 is 0 Å². The van der Waals surface area contributed by atoms with Gasteiger partial charge in [0, 0.05) is 79.7 Å². The van der Waals surface area contributed by atoms with Crippen molar-refractivity contribution in [3.63, 3.8) is 0 Å². The number of pyridine rings is 4. The fourth-order valence-electron chi connectivity index (χ4n) is 13.4. The molecule has 18 rings (SSSR count). The first-order valence-electron chi connectivity index (χ1n) is 36.7. The number of hydrogen-bond acceptors (Lipinski definition) is 25. The van der Waals surface area contributed by atoms with Gasteiger partial charge in [-0.05, 0) is 105 Å². The van der Waals surface area contributed by atoms with Gasteiger partial charge in [-0.15, -0.1) is 0 Å². The Labute approximate surface area is 662 Å². The summed E-state index contributed by atoms with van der Waals surface area (Å²) in [5.74, 6) is -0.496. The molecule has 2 amide bonds. The first-order chi connectivity index (χ1) is 56.6. The van der Waals surface area contributed by atoms with E-state index in [9.17, 15) is 31.5 Å². The van der Waals surface area contributed by atoms with Gasteiger partial charge in [0.2, 0.25) is 11.8 Å². The van der Waals surface area contributed by atoms with Gasteiger partial charge in [-0.25, -0.2) is 100 Å². The van der Waals surface area contributed by atoms with Crippen molar-refractivity contribution in [2.24, 2.45) is 0 Å². The number of aryl methyl sites for hydroxylation is 2. The summed E-state index contributed by atoms with van der Waals surface area (Å²) in [6.45, 7) is 10.1. The quantitative estimate of drug-likeness (QED) is 0.0442. The number of halogens is 5. The van der Waals surface area contributed by atoms with Gasteiger partial charge in [0.25, 0.3) is 0 Å². The molecule has 36 heteroatoms. The lowest BCUT2D eigenvalue weighted by Crippen LogP contribution is -2.37. The number of rotatable bonds is 16. The van der Waals surface area contributed by atoms with Gasteiger partial charge in [-0.3, -0.25) is 9.59 Å². The Morgan fingerprint density at radius 2 is 0.769 bits per heavy atom. The highest BCUT2D eigenvalue weighted by Crippen LogP contribution is 2.42. The molecule has 1 aliphatic heterocycles. The van der Waals surface area contributed by atoms with E-state index < -0.39 is 17.5 Å². The topological polar surface area (TPSA) is 427 Å². The third-order valence-electron chi connectivity index (χ3n) is 19.0. The van der Waals surface area contributed by atoms with Gasteiger partial charge < -0.3 is 48.9 Å². The van der Waals surface area contributed by atoms with Crippen molar-refractivity contribution in [1.82, 2.24) is 98.9 Å². The average Bonchev–Trinajstić information content (AvgIpc) is 1.63. The van der Waals surface area contributed by atoms with Crippen molar-refractivity contribution in [1.29, 1.82) is 0 Å². The van der Waals surface area contributed by atoms with Gasteiger partial charge in [0.1, 0.15) is 68.9 Å². The summed E-state index contributed by atoms with van der Waals surface area (Å²) in [6.07, 6.45) is 10.4. The molecule has 16 aromatic rings. The van der Waals surface area contributed by atoms with Crippen molar-refractivity contribution in [2.75, 3.05) is 70.5 Å². The van der Waals surface area contributed by atoms with E-state index in [0.29, 0.717) is 116 Å². The van der Waals surface area contributed by atoms with Crippen LogP contribution in [0.25, 0.3) is 90.2 Å². The van der Waals surface area contributed by atoms with Crippen LogP contribution in [0.1, 0.15) is 71.8 Å². The number of anilines is 8. The zero-order valence-corrected chi connectivity index (χ0v) is 63.2. The molecule has 1 aliphatic carbocycles. The number of fused-ring (bicyclic) bond motifs is 4. The summed E-state index contributed by atoms with van der Waals surface area (Å²) in [7, 11) is 0. The van der Waals surface area contributed by atoms with E-state index in [0.717, 1.165) is 47.1 Å². The number of ether oxygens (including phenoxy) is 1. The summed E-state index contributed by atoms with van der Waals surface area (Å²) in [4.78, 5) is 77.5. The first kappa shape index (κ1) is 77.4. The van der Waals surface area contributed by atoms with E-state index in [-0.39, 0.29) is 95.0 Å². The van der Waals surface area contributed by atoms with Crippen LogP contribution in [-0.4, -0.2) is 137 Å². The van der Waals surface area contributed by atoms with Crippen LogP contribution in [0.15, 0.2) is 171 Å². The molecule has 12 N–H and O–H groups in total. The molecule has 0 radical (unpaired) electrons. The van der Waals surface area contributed by atoms with Crippen LogP contribution in [0.3, 0.4) is 0 Å². The molecule has 0 atom stereocenters. The molecule has 31 nitrogen and oxygen atoms in total. The average molecular weight is 1580 g/mol. The predicted octanol–water partition coefficient (Wildman–Crippen LogP) is 11.6. The fourth-order valence-corrected chi connectivity index (χ4v) is 13.4. The Hall–Kier alpha value is -15.0. The molecule has 2 fully saturated rings. The third-order valence-corrected chi connectivity index (χ3v) is 19.0. The number of carbonyl (C=O) groups is 2. The lowest BCUT2D eigenvalue weighted by Gasteiger charge is -2.30. The van der Waals surface area contributed by atoms with Crippen LogP contribution < -0.4 is 44.2 Å². The Kier molecular flexibility index (Phi) is 22.1. The molecule has 590 valence electrons. The fraction of sp³-hybridized carbons (Fsp3) is 0.185. The van der Waals surface area contributed by atoms with Gasteiger partial charge in [0.15, 0.2) is 75.0 Å². The summed E-state index contributed by atoms with van der Waals surface area (Å²) in [5.41, 5.74) is 40.1. The molecule has 2 aliphatic rings. The number of carbonyl (C=O) groups excluding carboxylic acids is 2. The minimum atomic E-state index is -0.593. The Morgan fingerprint density at radius 3 is 1.14 bits per heavy atom. The molecule has 12 aromatic heterocycles. The Bertz CT molecular complexity index is 6390. The standard InChI is InChI=1S/C22H22FN7O.C21H18FN5.C19H16F2N8O.C19H17FN8O/c1-14-19(29-9-11-31-12-10-29)20(24)27-21(26-14)18-16-6-4-8-25-22(16)30(28-18)13-15-5-2-3-7-17(15)23;1-13-17(14-8-9-14)11-24-20(25-13)19-16-6-4-10-23-21(16)27(26-19)12-15-5-2-3-7-18(15)22;1-9(30)25-15-16(22)26-18(27-17(15)23)14-12-6-11(20)7-24-19(12)29(28-14)8-10-4-2-3-5-13(10)21;1-10(29)24-15-16(21)25-18(26-17(15)22)14-12-6-4-8-23-19(12)28(27-14)9-11-5-2-3-7-13(11)20/h2-8H,9-13H2,1H3,(H2,24,26,27);2-7,10-11,14H,8-9,12H2,1H3;2-7H,8H2,1H3,(H,25,30)(H4,22,23,26,27);2-8H,9H2,1H3,(H,24,29)(H4,21,22,25,26). The van der Waals surface area contributed by atoms with Crippen LogP contribution in [0.5, 0.6) is 0 Å². The molecule has 0 spiro atoms. The summed E-state index contributed by atoms with van der Waals surface area (Å²) >= 11 is 0. The largest absolute Gasteiger partial charge is 0.382 e. The maximum Gasteiger partial charge on any atom is 0.221 e. The van der Waals surface area contributed by atoms with E-state index in [4.69, 9.17) is 48.5 Å². The van der Waals surface area contributed by atoms with Crippen molar-refractivity contribution >= 4 is 102 Å². The second kappa shape index (κ2) is 33.4. The first-order valence-corrected chi connectivity index (χ1v) is 36.7. The number of morpholine rings is 1. The summed E-state index contributed by atoms with van der Waals surface area (Å²) in [6, 6.07) is 38.4. The Balaban J connectivity index is 0.000000122. The lowest BCUT2D eigenvalue weighted by atomic mass is 10.1. The Morgan fingerprint density at radius 1 is 0.419 bits per heavy atom. The third kappa shape index (κ3) is 16.8. The number of benzene rings is 4. The minimum absolute atomic E-state index is 0.0170. The van der Waals surface area contributed by atoms with Gasteiger partial charge in [-0.1, -0.05) is 72.8 Å². The molecule has 117 heavy (non-hydrogen) atoms. The SMILES string of the molecule is CC(=O)Nc1c(N)nc(-c2nn(Cc3ccccc3F)c3ncc(F)cc23)nc1N.CC(=O)Nc1c(N)nc(-c2nn(Cc3ccccc3F)c3ncccc23)nc1N.Cc1nc(-c2nn(Cc3ccccc3F)c3ncccc23)nc(N)c1N1CCOCC1.Cc1nc(-c2nn(Cc3ccccc3F)c3ncccc23)ncc1C1CC1. The zero-order chi connectivity index (χ0) is 81.7. The van der Waals surface area contributed by atoms with E-state index in [1.54, 1.807) is 111 Å². The van der Waals surface area contributed by atoms with Crippen molar-refractivity contribution in [3.8, 4) is 46.1 Å². The molecule has 4 aromatic carbocycles. The molecule has 1 saturated heterocycles. The molecule has 1 saturated carbocycles. The number of hydrogen-bond donors (Lipinski definition) is 7. The number of amides is 2. The normalized spacial score (nSPS) is 12.6. The number of aromatic nitrogens is 20. The highest BCUT2D eigenvalue weighted by molar-refractivity contribution is 5.98. The summed E-state index contributed by atoms with van der Waals surface area (Å²) < 4.78 is 82.2. The summed E-state index contributed by atoms with van der Waals surface area (Å²) in [5, 5.41) is 25.9. The predicted molar refractivity (Wildman–Crippen MR) is 431 cm³/mol. The van der Waals surface area contributed by atoms with Crippen LogP contribution >= 0.6 is 0 Å². The smallest absolute Gasteiger partial charge is 0.221 e. The molecular formula is C81H73F5N28O3. The van der Waals surface area contributed by atoms with Crippen LogP contribution in [-0.2, 0) is 40.5 Å². The van der Waals surface area contributed by atoms with Crippen molar-refractivity contribution in [2.45, 2.75) is 72.6 Å². The highest BCUT2D eigenvalue weighted by atomic mass is 19.1. The zero-order valence-electron chi connectivity index (χ0n) is 63.2. The second-order valence-corrected chi connectivity index (χ2v) is 27.3. The molecule has 13 heterocycles. The lowest BCUT2D eigenvalue weighted by molar-refractivity contribution is -0.115. The number of nitrogen functional groups attached to an aromatic ring is 5. The highest BCUT2D eigenvalue weighted by Gasteiger charge is 2.29. The second-order valence-electron chi connectivity index (χ2n) is 27.3.